The first kappa shape index (κ1) is 13.8. The van der Waals surface area contributed by atoms with Gasteiger partial charge in [0.1, 0.15) is 5.75 Å². The SMILES string of the molecule is CCC(C)(CN)CN(C)c1ccc(OC)cc1. The summed E-state index contributed by atoms with van der Waals surface area (Å²) in [6, 6.07) is 8.12. The van der Waals surface area contributed by atoms with E-state index in [4.69, 9.17) is 10.5 Å². The number of ether oxygens (including phenoxy) is 1. The zero-order valence-corrected chi connectivity index (χ0v) is 11.4. The van der Waals surface area contributed by atoms with E-state index in [1.165, 1.54) is 5.69 Å². The molecular formula is C14H24N2O. The fraction of sp³-hybridized carbons (Fsp3) is 0.571. The number of hydrogen-bond acceptors (Lipinski definition) is 3. The van der Waals surface area contributed by atoms with Crippen LogP contribution in [0, 0.1) is 5.41 Å². The second-order valence-corrected chi connectivity index (χ2v) is 4.92. The summed E-state index contributed by atoms with van der Waals surface area (Å²) in [7, 11) is 3.78. The zero-order valence-electron chi connectivity index (χ0n) is 11.4. The molecule has 2 N–H and O–H groups in total. The van der Waals surface area contributed by atoms with E-state index in [-0.39, 0.29) is 5.41 Å². The molecule has 3 heteroatoms. The Balaban J connectivity index is 2.71. The molecule has 1 aromatic rings. The van der Waals surface area contributed by atoms with Gasteiger partial charge < -0.3 is 15.4 Å². The van der Waals surface area contributed by atoms with Gasteiger partial charge in [-0.2, -0.15) is 0 Å². The Labute approximate surface area is 105 Å². The van der Waals surface area contributed by atoms with E-state index in [2.05, 4.69) is 37.9 Å². The van der Waals surface area contributed by atoms with Gasteiger partial charge in [0.2, 0.25) is 0 Å². The third-order valence-electron chi connectivity index (χ3n) is 3.48. The van der Waals surface area contributed by atoms with Crippen LogP contribution in [0.4, 0.5) is 5.69 Å². The Kier molecular flexibility index (Phi) is 4.82. The Hall–Kier alpha value is -1.22. The number of anilines is 1. The maximum absolute atomic E-state index is 5.84. The molecular weight excluding hydrogens is 212 g/mol. The minimum absolute atomic E-state index is 0.175. The molecule has 0 saturated heterocycles. The fourth-order valence-electron chi connectivity index (χ4n) is 1.82. The van der Waals surface area contributed by atoms with E-state index in [1.54, 1.807) is 7.11 Å². The third kappa shape index (κ3) is 3.63. The first-order valence-electron chi connectivity index (χ1n) is 6.10. The van der Waals surface area contributed by atoms with Gasteiger partial charge in [-0.3, -0.25) is 0 Å². The van der Waals surface area contributed by atoms with Gasteiger partial charge in [0.05, 0.1) is 7.11 Å². The highest BCUT2D eigenvalue weighted by molar-refractivity contribution is 5.48. The predicted molar refractivity (Wildman–Crippen MR) is 73.7 cm³/mol. The minimum Gasteiger partial charge on any atom is -0.497 e. The lowest BCUT2D eigenvalue weighted by Crippen LogP contribution is -2.38. The summed E-state index contributed by atoms with van der Waals surface area (Å²) in [5, 5.41) is 0. The van der Waals surface area contributed by atoms with Crippen molar-refractivity contribution in [1.82, 2.24) is 0 Å². The molecule has 1 aromatic carbocycles. The number of rotatable bonds is 6. The highest BCUT2D eigenvalue weighted by Gasteiger charge is 2.22. The van der Waals surface area contributed by atoms with Crippen molar-refractivity contribution in [3.05, 3.63) is 24.3 Å². The van der Waals surface area contributed by atoms with Crippen LogP contribution in [0.3, 0.4) is 0 Å². The van der Waals surface area contributed by atoms with E-state index < -0.39 is 0 Å². The first-order chi connectivity index (χ1) is 8.04. The summed E-state index contributed by atoms with van der Waals surface area (Å²) in [6.07, 6.45) is 1.09. The molecule has 0 heterocycles. The molecule has 0 aromatic heterocycles. The Morgan fingerprint density at radius 1 is 1.29 bits per heavy atom. The maximum Gasteiger partial charge on any atom is 0.119 e. The lowest BCUT2D eigenvalue weighted by molar-refractivity contribution is 0.330. The zero-order chi connectivity index (χ0) is 12.9. The lowest BCUT2D eigenvalue weighted by Gasteiger charge is -2.33. The summed E-state index contributed by atoms with van der Waals surface area (Å²) in [5.74, 6) is 0.888. The monoisotopic (exact) mass is 236 g/mol. The van der Waals surface area contributed by atoms with Gasteiger partial charge in [-0.15, -0.1) is 0 Å². The van der Waals surface area contributed by atoms with Crippen LogP contribution in [-0.4, -0.2) is 27.2 Å². The second-order valence-electron chi connectivity index (χ2n) is 4.92. The van der Waals surface area contributed by atoms with Gasteiger partial charge in [-0.05, 0) is 42.6 Å². The number of hydrogen-bond donors (Lipinski definition) is 1. The van der Waals surface area contributed by atoms with E-state index >= 15 is 0 Å². The molecule has 0 aliphatic rings. The van der Waals surface area contributed by atoms with Crippen LogP contribution in [0.15, 0.2) is 24.3 Å². The van der Waals surface area contributed by atoms with E-state index in [9.17, 15) is 0 Å². The summed E-state index contributed by atoms with van der Waals surface area (Å²) in [6.45, 7) is 6.10. The smallest absolute Gasteiger partial charge is 0.119 e. The number of benzene rings is 1. The molecule has 0 amide bonds. The van der Waals surface area contributed by atoms with Gasteiger partial charge in [0.15, 0.2) is 0 Å². The second kappa shape index (κ2) is 5.92. The molecule has 1 unspecified atom stereocenters. The fourth-order valence-corrected chi connectivity index (χ4v) is 1.82. The van der Waals surface area contributed by atoms with Gasteiger partial charge in [0, 0.05) is 19.3 Å². The largest absolute Gasteiger partial charge is 0.497 e. The first-order valence-corrected chi connectivity index (χ1v) is 6.10. The van der Waals surface area contributed by atoms with Crippen molar-refractivity contribution in [2.75, 3.05) is 32.1 Å². The normalized spacial score (nSPS) is 14.2. The standard InChI is InChI=1S/C14H24N2O/c1-5-14(2,10-15)11-16(3)12-6-8-13(17-4)9-7-12/h6-9H,5,10-11,15H2,1-4H3. The van der Waals surface area contributed by atoms with Crippen molar-refractivity contribution in [3.63, 3.8) is 0 Å². The summed E-state index contributed by atoms with van der Waals surface area (Å²) < 4.78 is 5.15. The third-order valence-corrected chi connectivity index (χ3v) is 3.48. The summed E-state index contributed by atoms with van der Waals surface area (Å²) in [4.78, 5) is 2.25. The van der Waals surface area contributed by atoms with Crippen LogP contribution in [0.25, 0.3) is 0 Å². The molecule has 0 radical (unpaired) electrons. The molecule has 0 fully saturated rings. The molecule has 1 rings (SSSR count). The molecule has 96 valence electrons. The van der Waals surface area contributed by atoms with Gasteiger partial charge in [-0.1, -0.05) is 13.8 Å². The highest BCUT2D eigenvalue weighted by atomic mass is 16.5. The molecule has 0 aliphatic carbocycles. The Bertz CT molecular complexity index is 331. The van der Waals surface area contributed by atoms with Crippen molar-refractivity contribution in [2.45, 2.75) is 20.3 Å². The summed E-state index contributed by atoms with van der Waals surface area (Å²) >= 11 is 0. The highest BCUT2D eigenvalue weighted by Crippen LogP contribution is 2.25. The van der Waals surface area contributed by atoms with Crippen molar-refractivity contribution in [3.8, 4) is 5.75 Å². The molecule has 0 spiro atoms. The van der Waals surface area contributed by atoms with E-state index in [1.807, 2.05) is 12.1 Å². The number of nitrogens with zero attached hydrogens (tertiary/aromatic N) is 1. The summed E-state index contributed by atoms with van der Waals surface area (Å²) in [5.41, 5.74) is 7.21. The Morgan fingerprint density at radius 3 is 2.29 bits per heavy atom. The molecule has 17 heavy (non-hydrogen) atoms. The van der Waals surface area contributed by atoms with Crippen LogP contribution in [-0.2, 0) is 0 Å². The van der Waals surface area contributed by atoms with Crippen molar-refractivity contribution < 1.29 is 4.74 Å². The van der Waals surface area contributed by atoms with Crippen LogP contribution in [0.2, 0.25) is 0 Å². The van der Waals surface area contributed by atoms with Crippen LogP contribution >= 0.6 is 0 Å². The van der Waals surface area contributed by atoms with Gasteiger partial charge >= 0.3 is 0 Å². The Morgan fingerprint density at radius 2 is 1.88 bits per heavy atom. The molecule has 0 saturated carbocycles. The molecule has 1 atom stereocenters. The molecule has 0 aliphatic heterocycles. The average Bonchev–Trinajstić information content (AvgIpc) is 2.38. The quantitative estimate of drug-likeness (QED) is 0.824. The number of methoxy groups -OCH3 is 1. The molecule has 0 bridgehead atoms. The van der Waals surface area contributed by atoms with Crippen molar-refractivity contribution in [1.29, 1.82) is 0 Å². The van der Waals surface area contributed by atoms with Crippen LogP contribution < -0.4 is 15.4 Å². The average molecular weight is 236 g/mol. The van der Waals surface area contributed by atoms with Crippen molar-refractivity contribution in [2.24, 2.45) is 11.1 Å². The predicted octanol–water partition coefficient (Wildman–Crippen LogP) is 2.51. The van der Waals surface area contributed by atoms with E-state index in [0.29, 0.717) is 6.54 Å². The van der Waals surface area contributed by atoms with Gasteiger partial charge in [-0.25, -0.2) is 0 Å². The molecule has 3 nitrogen and oxygen atoms in total. The van der Waals surface area contributed by atoms with Crippen molar-refractivity contribution >= 4 is 5.69 Å². The maximum atomic E-state index is 5.84. The number of nitrogens with two attached hydrogens (primary N) is 1. The minimum atomic E-state index is 0.175. The van der Waals surface area contributed by atoms with Crippen LogP contribution in [0.5, 0.6) is 5.75 Å². The lowest BCUT2D eigenvalue weighted by atomic mass is 9.87. The topological polar surface area (TPSA) is 38.5 Å². The van der Waals surface area contributed by atoms with E-state index in [0.717, 1.165) is 18.7 Å². The van der Waals surface area contributed by atoms with Crippen LogP contribution in [0.1, 0.15) is 20.3 Å². The van der Waals surface area contributed by atoms with Gasteiger partial charge in [0.25, 0.3) is 0 Å².